The first-order valence-corrected chi connectivity index (χ1v) is 5.08. The van der Waals surface area contributed by atoms with Crippen LogP contribution >= 0.6 is 11.5 Å². The first kappa shape index (κ1) is 11.6. The molecule has 1 heterocycles. The van der Waals surface area contributed by atoms with E-state index in [1.165, 1.54) is 14.2 Å². The number of nitrogens with zero attached hydrogens (tertiary/aromatic N) is 1. The molecule has 0 N–H and O–H groups in total. The first-order valence-electron chi connectivity index (χ1n) is 4.30. The number of methoxy groups -OCH3 is 2. The summed E-state index contributed by atoms with van der Waals surface area (Å²) in [4.78, 5) is 23.0. The normalized spacial score (nSPS) is 9.80. The van der Waals surface area contributed by atoms with Gasteiger partial charge in [-0.15, -0.1) is 0 Å². The molecule has 1 aromatic heterocycles. The van der Waals surface area contributed by atoms with Gasteiger partial charge in [-0.25, -0.2) is 9.59 Å². The number of aromatic nitrogens is 1. The number of rotatable bonds is 3. The number of ether oxygens (including phenoxy) is 2. The Bertz CT molecular complexity index is 385. The Morgan fingerprint density at radius 3 is 2.33 bits per heavy atom. The van der Waals surface area contributed by atoms with Crippen LogP contribution in [0.2, 0.25) is 0 Å². The lowest BCUT2D eigenvalue weighted by Crippen LogP contribution is -2.10. The van der Waals surface area contributed by atoms with Gasteiger partial charge in [0.05, 0.1) is 19.9 Å². The van der Waals surface area contributed by atoms with Crippen molar-refractivity contribution >= 4 is 23.5 Å². The standard InChI is InChI=1S/C9H11NO4S/c1-4-5-6(8(11)13-2)7(15-10-5)9(12)14-3/h4H2,1-3H3. The van der Waals surface area contributed by atoms with Crippen LogP contribution in [0.1, 0.15) is 32.6 Å². The number of carbonyl (C=O) groups excluding carboxylic acids is 2. The fraction of sp³-hybridized carbons (Fsp3) is 0.444. The monoisotopic (exact) mass is 229 g/mol. The fourth-order valence-electron chi connectivity index (χ4n) is 1.11. The summed E-state index contributed by atoms with van der Waals surface area (Å²) >= 11 is 0.952. The summed E-state index contributed by atoms with van der Waals surface area (Å²) in [5, 5.41) is 0. The summed E-state index contributed by atoms with van der Waals surface area (Å²) in [6.45, 7) is 1.85. The Morgan fingerprint density at radius 1 is 1.27 bits per heavy atom. The number of carbonyl (C=O) groups is 2. The Hall–Kier alpha value is -1.43. The molecule has 0 aliphatic rings. The smallest absolute Gasteiger partial charge is 0.350 e. The lowest BCUT2D eigenvalue weighted by molar-refractivity contribution is 0.0559. The zero-order valence-corrected chi connectivity index (χ0v) is 9.51. The summed E-state index contributed by atoms with van der Waals surface area (Å²) in [6.07, 6.45) is 0.567. The van der Waals surface area contributed by atoms with Gasteiger partial charge in [-0.1, -0.05) is 6.92 Å². The van der Waals surface area contributed by atoms with Crippen LogP contribution in [0.3, 0.4) is 0 Å². The zero-order valence-electron chi connectivity index (χ0n) is 8.70. The van der Waals surface area contributed by atoms with Gasteiger partial charge in [0.2, 0.25) is 0 Å². The van der Waals surface area contributed by atoms with E-state index >= 15 is 0 Å². The fourth-order valence-corrected chi connectivity index (χ4v) is 1.98. The number of esters is 2. The van der Waals surface area contributed by atoms with Crippen LogP contribution in [0.5, 0.6) is 0 Å². The molecule has 6 heteroatoms. The Balaban J connectivity index is 3.23. The third-order valence-corrected chi connectivity index (χ3v) is 2.72. The summed E-state index contributed by atoms with van der Waals surface area (Å²) in [7, 11) is 2.52. The molecule has 0 bridgehead atoms. The van der Waals surface area contributed by atoms with E-state index in [-0.39, 0.29) is 10.4 Å². The van der Waals surface area contributed by atoms with Gasteiger partial charge < -0.3 is 9.47 Å². The van der Waals surface area contributed by atoms with Gasteiger partial charge in [0.15, 0.2) is 0 Å². The maximum Gasteiger partial charge on any atom is 0.350 e. The van der Waals surface area contributed by atoms with Gasteiger partial charge in [0.1, 0.15) is 10.4 Å². The minimum Gasteiger partial charge on any atom is -0.465 e. The second-order valence-electron chi connectivity index (χ2n) is 2.67. The van der Waals surface area contributed by atoms with Crippen LogP contribution in [-0.4, -0.2) is 30.5 Å². The summed E-state index contributed by atoms with van der Waals surface area (Å²) in [6, 6.07) is 0. The number of aryl methyl sites for hydroxylation is 1. The van der Waals surface area contributed by atoms with E-state index in [0.29, 0.717) is 12.1 Å². The maximum atomic E-state index is 11.4. The summed E-state index contributed by atoms with van der Waals surface area (Å²) < 4.78 is 13.2. The quantitative estimate of drug-likeness (QED) is 0.730. The predicted molar refractivity (Wildman–Crippen MR) is 54.2 cm³/mol. The molecule has 0 fully saturated rings. The van der Waals surface area contributed by atoms with E-state index in [1.807, 2.05) is 6.92 Å². The van der Waals surface area contributed by atoms with E-state index < -0.39 is 11.9 Å². The molecule has 1 aromatic rings. The lowest BCUT2D eigenvalue weighted by Gasteiger charge is -2.01. The minimum absolute atomic E-state index is 0.196. The third-order valence-electron chi connectivity index (χ3n) is 1.86. The number of hydrogen-bond acceptors (Lipinski definition) is 6. The second-order valence-corrected chi connectivity index (χ2v) is 3.44. The molecule has 0 aliphatic heterocycles. The number of hydrogen-bond donors (Lipinski definition) is 0. The van der Waals surface area contributed by atoms with Gasteiger partial charge in [-0.05, 0) is 18.0 Å². The Labute approximate surface area is 91.2 Å². The minimum atomic E-state index is -0.562. The van der Waals surface area contributed by atoms with Gasteiger partial charge in [-0.3, -0.25) is 0 Å². The molecule has 0 saturated carbocycles. The molecule has 5 nitrogen and oxygen atoms in total. The van der Waals surface area contributed by atoms with E-state index in [2.05, 4.69) is 13.8 Å². The molecule has 15 heavy (non-hydrogen) atoms. The van der Waals surface area contributed by atoms with Crippen molar-refractivity contribution in [1.82, 2.24) is 4.37 Å². The van der Waals surface area contributed by atoms with Gasteiger partial charge in [0, 0.05) is 0 Å². The van der Waals surface area contributed by atoms with Crippen LogP contribution < -0.4 is 0 Å². The van der Waals surface area contributed by atoms with Crippen molar-refractivity contribution < 1.29 is 19.1 Å². The Kier molecular flexibility index (Phi) is 3.79. The molecule has 0 amide bonds. The lowest BCUT2D eigenvalue weighted by atomic mass is 10.1. The van der Waals surface area contributed by atoms with Crippen molar-refractivity contribution in [2.45, 2.75) is 13.3 Å². The zero-order chi connectivity index (χ0) is 11.4. The van der Waals surface area contributed by atoms with Gasteiger partial charge >= 0.3 is 11.9 Å². The largest absolute Gasteiger partial charge is 0.465 e. The van der Waals surface area contributed by atoms with Crippen molar-refractivity contribution in [2.75, 3.05) is 14.2 Å². The van der Waals surface area contributed by atoms with Crippen LogP contribution in [0.4, 0.5) is 0 Å². The maximum absolute atomic E-state index is 11.4. The highest BCUT2D eigenvalue weighted by Gasteiger charge is 2.25. The molecular formula is C9H11NO4S. The predicted octanol–water partition coefficient (Wildman–Crippen LogP) is 1.28. The molecule has 0 saturated heterocycles. The molecular weight excluding hydrogens is 218 g/mol. The molecule has 0 aliphatic carbocycles. The summed E-state index contributed by atoms with van der Waals surface area (Å²) in [5.41, 5.74) is 0.782. The second kappa shape index (κ2) is 4.88. The molecule has 0 spiro atoms. The van der Waals surface area contributed by atoms with E-state index in [0.717, 1.165) is 11.5 Å². The highest BCUT2D eigenvalue weighted by Crippen LogP contribution is 2.21. The van der Waals surface area contributed by atoms with Crippen molar-refractivity contribution in [3.05, 3.63) is 16.1 Å². The van der Waals surface area contributed by atoms with Crippen LogP contribution in [0.15, 0.2) is 0 Å². The average molecular weight is 229 g/mol. The Morgan fingerprint density at radius 2 is 1.87 bits per heavy atom. The molecule has 0 radical (unpaired) electrons. The summed E-state index contributed by atoms with van der Waals surface area (Å²) in [5.74, 6) is -1.12. The molecule has 0 unspecified atom stereocenters. The van der Waals surface area contributed by atoms with Crippen LogP contribution in [0, 0.1) is 0 Å². The SMILES string of the molecule is CCc1nsc(C(=O)OC)c1C(=O)OC. The van der Waals surface area contributed by atoms with Crippen molar-refractivity contribution in [3.63, 3.8) is 0 Å². The highest BCUT2D eigenvalue weighted by molar-refractivity contribution is 7.08. The average Bonchev–Trinajstić information content (AvgIpc) is 2.70. The van der Waals surface area contributed by atoms with E-state index in [4.69, 9.17) is 0 Å². The van der Waals surface area contributed by atoms with E-state index in [9.17, 15) is 9.59 Å². The van der Waals surface area contributed by atoms with Crippen molar-refractivity contribution in [1.29, 1.82) is 0 Å². The van der Waals surface area contributed by atoms with Crippen LogP contribution in [-0.2, 0) is 15.9 Å². The molecule has 0 aromatic carbocycles. The van der Waals surface area contributed by atoms with Gasteiger partial charge in [0.25, 0.3) is 0 Å². The first-order chi connectivity index (χ1) is 7.15. The van der Waals surface area contributed by atoms with E-state index in [1.54, 1.807) is 0 Å². The van der Waals surface area contributed by atoms with Gasteiger partial charge in [-0.2, -0.15) is 4.37 Å². The molecule has 0 atom stereocenters. The molecule has 82 valence electrons. The third kappa shape index (κ3) is 2.15. The van der Waals surface area contributed by atoms with Crippen molar-refractivity contribution in [2.24, 2.45) is 0 Å². The topological polar surface area (TPSA) is 65.5 Å². The highest BCUT2D eigenvalue weighted by atomic mass is 32.1. The van der Waals surface area contributed by atoms with Crippen LogP contribution in [0.25, 0.3) is 0 Å². The van der Waals surface area contributed by atoms with Crippen molar-refractivity contribution in [3.8, 4) is 0 Å². The molecule has 1 rings (SSSR count).